The maximum Gasteiger partial charge on any atom is 0.303 e. The summed E-state index contributed by atoms with van der Waals surface area (Å²) >= 11 is 1.67. The first-order valence-electron chi connectivity index (χ1n) is 10.1. The molecule has 2 heterocycles. The highest BCUT2D eigenvalue weighted by Crippen LogP contribution is 2.36. The van der Waals surface area contributed by atoms with Crippen molar-refractivity contribution < 1.29 is 24.5 Å². The fraction of sp³-hybridized carbons (Fsp3) is 0.667. The van der Waals surface area contributed by atoms with Gasteiger partial charge in [0, 0.05) is 37.9 Å². The molecule has 1 aliphatic heterocycles. The van der Waals surface area contributed by atoms with Crippen molar-refractivity contribution in [2.75, 3.05) is 26.3 Å². The van der Waals surface area contributed by atoms with E-state index in [1.807, 2.05) is 0 Å². The van der Waals surface area contributed by atoms with Crippen LogP contribution in [0.4, 0.5) is 0 Å². The van der Waals surface area contributed by atoms with Gasteiger partial charge in [-0.2, -0.15) is 11.3 Å². The van der Waals surface area contributed by atoms with E-state index in [-0.39, 0.29) is 24.5 Å². The van der Waals surface area contributed by atoms with Gasteiger partial charge in [-0.1, -0.05) is 12.2 Å². The summed E-state index contributed by atoms with van der Waals surface area (Å²) in [6.07, 6.45) is 6.95. The molecule has 0 aromatic carbocycles. The number of hydrogen-bond acceptors (Lipinski definition) is 6. The lowest BCUT2D eigenvalue weighted by Crippen LogP contribution is -2.50. The minimum atomic E-state index is -0.749. The van der Waals surface area contributed by atoms with Crippen LogP contribution < -0.4 is 0 Å². The summed E-state index contributed by atoms with van der Waals surface area (Å²) in [6.45, 7) is 3.69. The van der Waals surface area contributed by atoms with Crippen molar-refractivity contribution in [2.45, 2.75) is 57.0 Å². The second-order valence-corrected chi connectivity index (χ2v) is 8.36. The van der Waals surface area contributed by atoms with E-state index in [1.165, 1.54) is 5.56 Å². The van der Waals surface area contributed by atoms with Crippen LogP contribution in [0.3, 0.4) is 0 Å². The number of carboxylic acids is 1. The van der Waals surface area contributed by atoms with Crippen LogP contribution in [0, 0.1) is 5.92 Å². The maximum absolute atomic E-state index is 10.8. The third-order valence-electron chi connectivity index (χ3n) is 5.63. The Morgan fingerprint density at radius 2 is 2.18 bits per heavy atom. The van der Waals surface area contributed by atoms with Gasteiger partial charge in [0.25, 0.3) is 0 Å². The lowest BCUT2D eigenvalue weighted by Gasteiger charge is -2.37. The van der Waals surface area contributed by atoms with Crippen LogP contribution in [0.25, 0.3) is 0 Å². The van der Waals surface area contributed by atoms with Crippen molar-refractivity contribution in [2.24, 2.45) is 5.92 Å². The number of aliphatic hydroxyl groups excluding tert-OH is 1. The fourth-order valence-electron chi connectivity index (χ4n) is 4.25. The van der Waals surface area contributed by atoms with Crippen molar-refractivity contribution in [1.82, 2.24) is 4.90 Å². The average molecular weight is 410 g/mol. The SMILES string of the molecule is O=C(O)CCC/C=C/CC1C(OCc2ccsc2)CC(O)C1N1CCOCC1. The van der Waals surface area contributed by atoms with Crippen molar-refractivity contribution in [3.05, 3.63) is 34.5 Å². The van der Waals surface area contributed by atoms with Gasteiger partial charge in [0.1, 0.15) is 0 Å². The quantitative estimate of drug-likeness (QED) is 0.457. The molecule has 1 aromatic heterocycles. The third kappa shape index (κ3) is 6.12. The Morgan fingerprint density at radius 1 is 1.36 bits per heavy atom. The van der Waals surface area contributed by atoms with Crippen molar-refractivity contribution in [3.8, 4) is 0 Å². The number of rotatable bonds is 10. The van der Waals surface area contributed by atoms with Crippen molar-refractivity contribution in [3.63, 3.8) is 0 Å². The fourth-order valence-corrected chi connectivity index (χ4v) is 4.90. The predicted molar refractivity (Wildman–Crippen MR) is 108 cm³/mol. The molecule has 4 atom stereocenters. The first-order valence-corrected chi connectivity index (χ1v) is 11.1. The zero-order chi connectivity index (χ0) is 19.8. The molecule has 0 bridgehead atoms. The molecule has 1 aliphatic carbocycles. The lowest BCUT2D eigenvalue weighted by atomic mass is 9.94. The van der Waals surface area contributed by atoms with E-state index in [1.54, 1.807) is 11.3 Å². The van der Waals surface area contributed by atoms with Crippen LogP contribution in [-0.2, 0) is 20.9 Å². The van der Waals surface area contributed by atoms with E-state index >= 15 is 0 Å². The predicted octanol–water partition coefficient (Wildman–Crippen LogP) is 2.92. The summed E-state index contributed by atoms with van der Waals surface area (Å²) in [5.41, 5.74) is 1.18. The van der Waals surface area contributed by atoms with Crippen LogP contribution in [0.2, 0.25) is 0 Å². The summed E-state index contributed by atoms with van der Waals surface area (Å²) < 4.78 is 11.7. The molecule has 28 heavy (non-hydrogen) atoms. The summed E-state index contributed by atoms with van der Waals surface area (Å²) in [7, 11) is 0. The maximum atomic E-state index is 10.8. The number of nitrogens with zero attached hydrogens (tertiary/aromatic N) is 1. The third-order valence-corrected chi connectivity index (χ3v) is 6.36. The second kappa shape index (κ2) is 11.1. The van der Waals surface area contributed by atoms with E-state index in [0.29, 0.717) is 32.7 Å². The number of unbranched alkanes of at least 4 members (excludes halogenated alkanes) is 1. The molecule has 2 fully saturated rings. The molecule has 156 valence electrons. The molecule has 7 heteroatoms. The normalized spacial score (nSPS) is 28.9. The molecule has 4 unspecified atom stereocenters. The molecule has 0 radical (unpaired) electrons. The number of ether oxygens (including phenoxy) is 2. The lowest BCUT2D eigenvalue weighted by molar-refractivity contribution is -0.137. The summed E-state index contributed by atoms with van der Waals surface area (Å²) in [4.78, 5) is 13.0. The van der Waals surface area contributed by atoms with Gasteiger partial charge in [0.15, 0.2) is 0 Å². The number of morpholine rings is 1. The molecule has 3 rings (SSSR count). The number of carbonyl (C=O) groups is 1. The molecule has 1 saturated carbocycles. The summed E-state index contributed by atoms with van der Waals surface area (Å²) in [6, 6.07) is 2.16. The Balaban J connectivity index is 1.60. The number of carboxylic acid groups (broad SMARTS) is 1. The molecular formula is C21H31NO5S. The van der Waals surface area contributed by atoms with Crippen LogP contribution >= 0.6 is 11.3 Å². The molecular weight excluding hydrogens is 378 g/mol. The standard InChI is InChI=1S/C21H31NO5S/c23-18-13-19(27-14-16-7-12-28-15-16)17(5-3-1-2-4-6-20(24)25)21(18)22-8-10-26-11-9-22/h1,3,7,12,15,17-19,21,23H,2,4-6,8-11,13-14H2,(H,24,25)/b3-1+. The van der Waals surface area contributed by atoms with E-state index in [2.05, 4.69) is 33.9 Å². The smallest absolute Gasteiger partial charge is 0.303 e. The number of aliphatic hydroxyl groups is 1. The van der Waals surface area contributed by atoms with Crippen molar-refractivity contribution >= 4 is 17.3 Å². The number of hydrogen-bond donors (Lipinski definition) is 2. The van der Waals surface area contributed by atoms with E-state index < -0.39 is 12.1 Å². The van der Waals surface area contributed by atoms with Gasteiger partial charge in [-0.05, 0) is 41.7 Å². The first kappa shape index (κ1) is 21.5. The van der Waals surface area contributed by atoms with Crippen molar-refractivity contribution in [1.29, 1.82) is 0 Å². The number of aliphatic carboxylic acids is 1. The monoisotopic (exact) mass is 409 g/mol. The Kier molecular flexibility index (Phi) is 8.48. The van der Waals surface area contributed by atoms with E-state index in [4.69, 9.17) is 14.6 Å². The van der Waals surface area contributed by atoms with Crippen LogP contribution in [-0.4, -0.2) is 65.6 Å². The van der Waals surface area contributed by atoms with Crippen LogP contribution in [0.15, 0.2) is 29.0 Å². The highest BCUT2D eigenvalue weighted by atomic mass is 32.1. The minimum Gasteiger partial charge on any atom is -0.481 e. The Bertz CT molecular complexity index is 614. The zero-order valence-electron chi connectivity index (χ0n) is 16.2. The Morgan fingerprint density at radius 3 is 2.89 bits per heavy atom. The zero-order valence-corrected chi connectivity index (χ0v) is 17.1. The van der Waals surface area contributed by atoms with Gasteiger partial charge in [0.2, 0.25) is 0 Å². The minimum absolute atomic E-state index is 0.0198. The Labute approximate surface area is 170 Å². The molecule has 1 saturated heterocycles. The van der Waals surface area contributed by atoms with Crippen LogP contribution in [0.1, 0.15) is 37.7 Å². The number of allylic oxidation sites excluding steroid dienone is 2. The van der Waals surface area contributed by atoms with Gasteiger partial charge in [-0.15, -0.1) is 0 Å². The van der Waals surface area contributed by atoms with Crippen LogP contribution in [0.5, 0.6) is 0 Å². The summed E-state index contributed by atoms with van der Waals surface area (Å²) in [5, 5.41) is 23.7. The van der Waals surface area contributed by atoms with Gasteiger partial charge >= 0.3 is 5.97 Å². The van der Waals surface area contributed by atoms with Gasteiger partial charge in [-0.3, -0.25) is 9.69 Å². The molecule has 2 aliphatic rings. The number of thiophene rings is 1. The largest absolute Gasteiger partial charge is 0.481 e. The van der Waals surface area contributed by atoms with Gasteiger partial charge in [-0.25, -0.2) is 0 Å². The first-order chi connectivity index (χ1) is 13.6. The van der Waals surface area contributed by atoms with Gasteiger partial charge < -0.3 is 19.7 Å². The highest BCUT2D eigenvalue weighted by molar-refractivity contribution is 7.07. The molecule has 2 N–H and O–H groups in total. The Hall–Kier alpha value is -1.25. The second-order valence-electron chi connectivity index (χ2n) is 7.58. The topological polar surface area (TPSA) is 79.2 Å². The average Bonchev–Trinajstić information content (AvgIpc) is 3.31. The van der Waals surface area contributed by atoms with E-state index in [0.717, 1.165) is 25.9 Å². The molecule has 6 nitrogen and oxygen atoms in total. The molecule has 0 spiro atoms. The van der Waals surface area contributed by atoms with Gasteiger partial charge in [0.05, 0.1) is 32.0 Å². The molecule has 1 aromatic rings. The molecule has 0 amide bonds. The van der Waals surface area contributed by atoms with E-state index in [9.17, 15) is 9.90 Å². The summed E-state index contributed by atoms with van der Waals surface area (Å²) in [5.74, 6) is -0.524. The highest BCUT2D eigenvalue weighted by Gasteiger charge is 2.45.